The van der Waals surface area contributed by atoms with Gasteiger partial charge in [-0.3, -0.25) is 4.79 Å². The van der Waals surface area contributed by atoms with Crippen LogP contribution in [0.1, 0.15) is 111 Å². The Morgan fingerprint density at radius 3 is 2.45 bits per heavy atom. The maximum atomic E-state index is 10.8. The molecule has 0 aromatic heterocycles. The lowest BCUT2D eigenvalue weighted by Gasteiger charge is -2.61. The largest absolute Gasteiger partial charge is 0.465 e. The molecule has 29 heavy (non-hydrogen) atoms. The number of hydrogen-bond acceptors (Lipinski definition) is 2. The van der Waals surface area contributed by atoms with Crippen LogP contribution in [-0.4, -0.2) is 12.6 Å². The van der Waals surface area contributed by atoms with Gasteiger partial charge in [0.05, 0.1) is 0 Å². The molecule has 2 heteroatoms. The molecular formula is C27H46O2. The third-order valence-corrected chi connectivity index (χ3v) is 10.6. The van der Waals surface area contributed by atoms with Gasteiger partial charge in [0.2, 0.25) is 0 Å². The molecule has 2 nitrogen and oxygen atoms in total. The molecule has 0 radical (unpaired) electrons. The van der Waals surface area contributed by atoms with Crippen molar-refractivity contribution in [1.82, 2.24) is 0 Å². The Bertz CT molecular complexity index is 571. The normalized spacial score (nSPS) is 46.7. The third-order valence-electron chi connectivity index (χ3n) is 10.6. The van der Waals surface area contributed by atoms with Gasteiger partial charge in [-0.2, -0.15) is 0 Å². The van der Waals surface area contributed by atoms with Crippen LogP contribution in [0.25, 0.3) is 0 Å². The van der Waals surface area contributed by atoms with Crippen molar-refractivity contribution in [2.24, 2.45) is 46.3 Å². The zero-order valence-electron chi connectivity index (χ0n) is 19.6. The number of unbranched alkanes of at least 4 members (excludes halogenated alkanes) is 1. The van der Waals surface area contributed by atoms with E-state index in [0.29, 0.717) is 17.3 Å². The molecule has 4 fully saturated rings. The summed E-state index contributed by atoms with van der Waals surface area (Å²) in [5, 5.41) is 0. The molecule has 8 atom stereocenters. The van der Waals surface area contributed by atoms with Gasteiger partial charge in [-0.05, 0) is 111 Å². The Kier molecular flexibility index (Phi) is 6.39. The van der Waals surface area contributed by atoms with Crippen molar-refractivity contribution in [3.05, 3.63) is 0 Å². The second-order valence-electron chi connectivity index (χ2n) is 12.3. The topological polar surface area (TPSA) is 26.3 Å². The maximum Gasteiger partial charge on any atom is 0.293 e. The average molecular weight is 403 g/mol. The fourth-order valence-electron chi connectivity index (χ4n) is 8.95. The molecule has 0 amide bonds. The predicted octanol–water partition coefficient (Wildman–Crippen LogP) is 7.40. The van der Waals surface area contributed by atoms with Crippen LogP contribution in [-0.2, 0) is 9.53 Å². The van der Waals surface area contributed by atoms with Crippen LogP contribution in [0.2, 0.25) is 0 Å². The van der Waals surface area contributed by atoms with Gasteiger partial charge in [-0.25, -0.2) is 0 Å². The highest BCUT2D eigenvalue weighted by Gasteiger charge is 2.59. The molecule has 4 aliphatic rings. The van der Waals surface area contributed by atoms with Crippen molar-refractivity contribution in [2.75, 3.05) is 0 Å². The fraction of sp³-hybridized carbons (Fsp3) is 0.963. The Morgan fingerprint density at radius 1 is 0.931 bits per heavy atom. The second kappa shape index (κ2) is 8.54. The van der Waals surface area contributed by atoms with Gasteiger partial charge in [0.1, 0.15) is 6.10 Å². The minimum atomic E-state index is 0.192. The van der Waals surface area contributed by atoms with E-state index in [1.54, 1.807) is 0 Å². The van der Waals surface area contributed by atoms with Gasteiger partial charge in [-0.15, -0.1) is 0 Å². The van der Waals surface area contributed by atoms with E-state index in [0.717, 1.165) is 48.3 Å². The van der Waals surface area contributed by atoms with E-state index in [2.05, 4.69) is 27.7 Å². The molecule has 0 saturated heterocycles. The van der Waals surface area contributed by atoms with E-state index in [1.165, 1.54) is 70.6 Å². The zero-order valence-corrected chi connectivity index (χ0v) is 19.6. The highest BCUT2D eigenvalue weighted by atomic mass is 16.5. The third kappa shape index (κ3) is 3.91. The molecule has 4 saturated carbocycles. The molecule has 0 spiro atoms. The highest BCUT2D eigenvalue weighted by Crippen LogP contribution is 2.68. The first-order valence-electron chi connectivity index (χ1n) is 13.0. The number of carbonyl (C=O) groups is 1. The quantitative estimate of drug-likeness (QED) is 0.327. The lowest BCUT2D eigenvalue weighted by molar-refractivity contribution is -0.150. The van der Waals surface area contributed by atoms with Crippen molar-refractivity contribution in [1.29, 1.82) is 0 Å². The van der Waals surface area contributed by atoms with Crippen molar-refractivity contribution in [3.63, 3.8) is 0 Å². The van der Waals surface area contributed by atoms with Crippen LogP contribution in [0, 0.1) is 46.3 Å². The molecular weight excluding hydrogens is 356 g/mol. The Balaban J connectivity index is 1.41. The van der Waals surface area contributed by atoms with E-state index in [9.17, 15) is 4.79 Å². The summed E-state index contributed by atoms with van der Waals surface area (Å²) in [6.07, 6.45) is 18.2. The molecule has 0 aromatic rings. The van der Waals surface area contributed by atoms with Gasteiger partial charge < -0.3 is 4.74 Å². The maximum absolute atomic E-state index is 10.8. The minimum Gasteiger partial charge on any atom is -0.465 e. The number of fused-ring (bicyclic) bond motifs is 5. The Hall–Kier alpha value is -0.530. The zero-order chi connectivity index (χ0) is 20.6. The van der Waals surface area contributed by atoms with Gasteiger partial charge in [-0.1, -0.05) is 47.0 Å². The van der Waals surface area contributed by atoms with Crippen LogP contribution in [0.15, 0.2) is 0 Å². The minimum absolute atomic E-state index is 0.192. The van der Waals surface area contributed by atoms with E-state index in [-0.39, 0.29) is 6.10 Å². The number of ether oxygens (including phenoxy) is 1. The first-order valence-corrected chi connectivity index (χ1v) is 13.0. The lowest BCUT2D eigenvalue weighted by atomic mass is 9.44. The van der Waals surface area contributed by atoms with Crippen molar-refractivity contribution in [3.8, 4) is 0 Å². The van der Waals surface area contributed by atoms with Gasteiger partial charge in [0, 0.05) is 0 Å². The summed E-state index contributed by atoms with van der Waals surface area (Å²) in [5.41, 5.74) is 1.13. The van der Waals surface area contributed by atoms with Crippen LogP contribution < -0.4 is 0 Å². The van der Waals surface area contributed by atoms with E-state index in [4.69, 9.17) is 4.74 Å². The standard InChI is InChI=1S/C27H46O2/c1-19(2)7-5-6-8-20-10-12-24-23-11-9-21-17-22(29-18-28)13-15-27(21,4)25(23)14-16-26(20,24)3/h18-25H,5-17H2,1-4H3. The average Bonchev–Trinajstić information content (AvgIpc) is 3.02. The first kappa shape index (κ1) is 21.7. The van der Waals surface area contributed by atoms with Crippen molar-refractivity contribution in [2.45, 2.75) is 117 Å². The van der Waals surface area contributed by atoms with Gasteiger partial charge in [0.15, 0.2) is 0 Å². The molecule has 4 aliphatic carbocycles. The smallest absolute Gasteiger partial charge is 0.293 e. The number of carbonyl (C=O) groups excluding carboxylic acids is 1. The molecule has 0 N–H and O–H groups in total. The number of hydrogen-bond donors (Lipinski definition) is 0. The molecule has 0 aromatic carbocycles. The number of rotatable bonds is 7. The molecule has 8 unspecified atom stereocenters. The van der Waals surface area contributed by atoms with E-state index < -0.39 is 0 Å². The summed E-state index contributed by atoms with van der Waals surface area (Å²) in [4.78, 5) is 10.8. The lowest BCUT2D eigenvalue weighted by Crippen LogP contribution is -2.54. The molecule has 166 valence electrons. The van der Waals surface area contributed by atoms with Crippen LogP contribution in [0.4, 0.5) is 0 Å². The van der Waals surface area contributed by atoms with Crippen molar-refractivity contribution >= 4 is 6.47 Å². The Labute approximate surface area is 179 Å². The van der Waals surface area contributed by atoms with Gasteiger partial charge >= 0.3 is 0 Å². The summed E-state index contributed by atoms with van der Waals surface area (Å²) in [5.74, 6) is 5.51. The second-order valence-corrected chi connectivity index (χ2v) is 12.3. The summed E-state index contributed by atoms with van der Waals surface area (Å²) in [6.45, 7) is 10.7. The molecule has 4 rings (SSSR count). The van der Waals surface area contributed by atoms with Gasteiger partial charge in [0.25, 0.3) is 6.47 Å². The highest BCUT2D eigenvalue weighted by molar-refractivity contribution is 5.37. The first-order chi connectivity index (χ1) is 13.9. The summed E-state index contributed by atoms with van der Waals surface area (Å²) < 4.78 is 5.39. The van der Waals surface area contributed by atoms with Crippen molar-refractivity contribution < 1.29 is 9.53 Å². The summed E-state index contributed by atoms with van der Waals surface area (Å²) in [6, 6.07) is 0. The Morgan fingerprint density at radius 2 is 1.69 bits per heavy atom. The van der Waals surface area contributed by atoms with Crippen LogP contribution in [0.5, 0.6) is 0 Å². The summed E-state index contributed by atoms with van der Waals surface area (Å²) in [7, 11) is 0. The monoisotopic (exact) mass is 402 g/mol. The van der Waals surface area contributed by atoms with E-state index in [1.807, 2.05) is 0 Å². The van der Waals surface area contributed by atoms with Crippen LogP contribution in [0.3, 0.4) is 0 Å². The SMILES string of the molecule is CC(C)CCCCC1CCC2C3CCC4CC(OC=O)CCC4(C)C3CCC12C. The van der Waals surface area contributed by atoms with Crippen LogP contribution >= 0.6 is 0 Å². The predicted molar refractivity (Wildman–Crippen MR) is 119 cm³/mol. The summed E-state index contributed by atoms with van der Waals surface area (Å²) >= 11 is 0. The molecule has 0 heterocycles. The molecule has 0 aliphatic heterocycles. The molecule has 0 bridgehead atoms. The fourth-order valence-corrected chi connectivity index (χ4v) is 8.95. The van der Waals surface area contributed by atoms with E-state index >= 15 is 0 Å².